The highest BCUT2D eigenvalue weighted by atomic mass is 79.9. The molecular formula is C24H25BrF3N5O. The van der Waals surface area contributed by atoms with Crippen molar-refractivity contribution in [2.24, 2.45) is 0 Å². The van der Waals surface area contributed by atoms with E-state index in [0.29, 0.717) is 32.6 Å². The molecule has 3 aromatic rings. The summed E-state index contributed by atoms with van der Waals surface area (Å²) in [5.74, 6) is 0.969. The Bertz CT molecular complexity index is 1320. The Morgan fingerprint density at radius 1 is 1.12 bits per heavy atom. The second-order valence-corrected chi connectivity index (χ2v) is 10.0. The van der Waals surface area contributed by atoms with Crippen molar-refractivity contribution in [2.75, 3.05) is 25.0 Å². The van der Waals surface area contributed by atoms with Crippen molar-refractivity contribution >= 4 is 32.7 Å². The first-order valence-corrected chi connectivity index (χ1v) is 12.1. The number of piperidine rings is 3. The van der Waals surface area contributed by atoms with Crippen LogP contribution in [0.5, 0.6) is 0 Å². The first-order valence-electron chi connectivity index (χ1n) is 11.3. The lowest BCUT2D eigenvalue weighted by molar-refractivity contribution is -0.138. The molecule has 10 heteroatoms. The van der Waals surface area contributed by atoms with E-state index in [1.807, 2.05) is 10.8 Å². The molecule has 3 aliphatic heterocycles. The van der Waals surface area contributed by atoms with Crippen molar-refractivity contribution in [2.45, 2.75) is 51.4 Å². The largest absolute Gasteiger partial charge is 0.416 e. The van der Waals surface area contributed by atoms with Crippen LogP contribution in [-0.4, -0.2) is 39.1 Å². The van der Waals surface area contributed by atoms with Gasteiger partial charge in [0.15, 0.2) is 0 Å². The Balaban J connectivity index is 1.57. The minimum absolute atomic E-state index is 0.111. The van der Waals surface area contributed by atoms with E-state index in [-0.39, 0.29) is 23.2 Å². The van der Waals surface area contributed by atoms with Crippen molar-refractivity contribution in [1.82, 2.24) is 19.4 Å². The Morgan fingerprint density at radius 3 is 2.44 bits per heavy atom. The predicted molar refractivity (Wildman–Crippen MR) is 128 cm³/mol. The van der Waals surface area contributed by atoms with Gasteiger partial charge in [-0.25, -0.2) is 9.97 Å². The molecule has 5 heterocycles. The Morgan fingerprint density at radius 2 is 1.79 bits per heavy atom. The van der Waals surface area contributed by atoms with Gasteiger partial charge in [-0.15, -0.1) is 0 Å². The zero-order chi connectivity index (χ0) is 24.3. The van der Waals surface area contributed by atoms with Crippen LogP contribution in [0.15, 0.2) is 33.7 Å². The number of aryl methyl sites for hydroxylation is 1. The number of aromatic nitrogens is 3. The molecule has 3 fully saturated rings. The molecule has 0 unspecified atom stereocenters. The molecule has 1 N–H and O–H groups in total. The van der Waals surface area contributed by atoms with Gasteiger partial charge in [-0.1, -0.05) is 12.1 Å². The molecule has 0 atom stereocenters. The minimum Gasteiger partial charge on any atom is -0.365 e. The first kappa shape index (κ1) is 23.3. The van der Waals surface area contributed by atoms with E-state index in [2.05, 4.69) is 36.1 Å². The monoisotopic (exact) mass is 535 g/mol. The topological polar surface area (TPSA) is 63.1 Å². The van der Waals surface area contributed by atoms with Crippen molar-refractivity contribution in [1.29, 1.82) is 0 Å². The molecule has 2 aromatic heterocycles. The van der Waals surface area contributed by atoms with Crippen LogP contribution in [0, 0.1) is 13.8 Å². The molecule has 0 saturated carbocycles. The number of halogens is 4. The molecule has 34 heavy (non-hydrogen) atoms. The van der Waals surface area contributed by atoms with Crippen molar-refractivity contribution < 1.29 is 13.2 Å². The summed E-state index contributed by atoms with van der Waals surface area (Å²) in [7, 11) is 0. The smallest absolute Gasteiger partial charge is 0.365 e. The zero-order valence-corrected chi connectivity index (χ0v) is 20.6. The van der Waals surface area contributed by atoms with Crippen LogP contribution in [0.4, 0.5) is 19.0 Å². The standard InChI is InChI=1S/C24H25BrF3N5O/c1-14-16(4-3-5-18(14)24(26,27)28)12-29-21-17-13-33(23-6-9-32(10-7-23)11-8-23)22(34)19(25)20(17)30-15(2)31-21/h3-5,13H,6-12H2,1-2H3,(H,29,30,31). The second-order valence-electron chi connectivity index (χ2n) is 9.26. The maximum Gasteiger partial charge on any atom is 0.416 e. The van der Waals surface area contributed by atoms with E-state index in [1.165, 1.54) is 13.0 Å². The summed E-state index contributed by atoms with van der Waals surface area (Å²) < 4.78 is 42.3. The molecule has 0 spiro atoms. The van der Waals surface area contributed by atoms with Gasteiger partial charge in [-0.2, -0.15) is 13.2 Å². The highest BCUT2D eigenvalue weighted by Crippen LogP contribution is 2.39. The molecule has 0 amide bonds. The zero-order valence-electron chi connectivity index (χ0n) is 19.0. The van der Waals surface area contributed by atoms with Gasteiger partial charge in [0, 0.05) is 32.4 Å². The second kappa shape index (κ2) is 8.34. The van der Waals surface area contributed by atoms with E-state index in [4.69, 9.17) is 0 Å². The quantitative estimate of drug-likeness (QED) is 0.509. The highest BCUT2D eigenvalue weighted by Gasteiger charge is 2.42. The number of pyridine rings is 1. The number of hydrogen-bond donors (Lipinski definition) is 1. The molecule has 1 aromatic carbocycles. The van der Waals surface area contributed by atoms with Gasteiger partial charge in [-0.05, 0) is 66.2 Å². The average molecular weight is 536 g/mol. The normalized spacial score (nSPS) is 22.4. The Kier molecular flexibility index (Phi) is 5.71. The molecule has 0 aliphatic carbocycles. The lowest BCUT2D eigenvalue weighted by atomic mass is 9.79. The Labute approximate surface area is 203 Å². The number of rotatable bonds is 4. The van der Waals surface area contributed by atoms with Crippen molar-refractivity contribution in [3.8, 4) is 0 Å². The third-order valence-electron chi connectivity index (χ3n) is 7.32. The summed E-state index contributed by atoms with van der Waals surface area (Å²) in [5.41, 5.74) is 0.230. The van der Waals surface area contributed by atoms with Gasteiger partial charge in [0.05, 0.1) is 22.0 Å². The number of alkyl halides is 3. The molecule has 6 nitrogen and oxygen atoms in total. The summed E-state index contributed by atoms with van der Waals surface area (Å²) in [6.45, 7) is 6.27. The van der Waals surface area contributed by atoms with Crippen LogP contribution in [0.3, 0.4) is 0 Å². The van der Waals surface area contributed by atoms with Gasteiger partial charge in [-0.3, -0.25) is 4.79 Å². The van der Waals surface area contributed by atoms with Crippen LogP contribution >= 0.6 is 15.9 Å². The SMILES string of the molecule is Cc1nc(NCc2cccc(C(F)(F)F)c2C)c2cn(C34CCN(CC3)CC4)c(=O)c(Br)c2n1. The molecule has 3 saturated heterocycles. The summed E-state index contributed by atoms with van der Waals surface area (Å²) >= 11 is 3.48. The van der Waals surface area contributed by atoms with Crippen molar-refractivity contribution in [3.05, 3.63) is 61.7 Å². The minimum atomic E-state index is -4.41. The number of anilines is 1. The van der Waals surface area contributed by atoms with Gasteiger partial charge >= 0.3 is 6.18 Å². The molecule has 180 valence electrons. The summed E-state index contributed by atoms with van der Waals surface area (Å²) in [4.78, 5) is 24.8. The fourth-order valence-electron chi connectivity index (χ4n) is 5.28. The van der Waals surface area contributed by atoms with E-state index >= 15 is 0 Å². The van der Waals surface area contributed by atoms with Gasteiger partial charge in [0.25, 0.3) is 5.56 Å². The number of benzene rings is 1. The van der Waals surface area contributed by atoms with Gasteiger partial charge in [0.2, 0.25) is 0 Å². The number of hydrogen-bond acceptors (Lipinski definition) is 5. The fraction of sp³-hybridized carbons (Fsp3) is 0.458. The van der Waals surface area contributed by atoms with Gasteiger partial charge in [0.1, 0.15) is 16.1 Å². The van der Waals surface area contributed by atoms with Crippen LogP contribution in [0.1, 0.15) is 41.8 Å². The van der Waals surface area contributed by atoms with E-state index in [9.17, 15) is 18.0 Å². The predicted octanol–water partition coefficient (Wildman–Crippen LogP) is 5.00. The van der Waals surface area contributed by atoms with Crippen LogP contribution in [0.2, 0.25) is 0 Å². The third kappa shape index (κ3) is 3.90. The maximum atomic E-state index is 13.4. The van der Waals surface area contributed by atoms with Crippen molar-refractivity contribution in [3.63, 3.8) is 0 Å². The maximum absolute atomic E-state index is 13.4. The average Bonchev–Trinajstić information content (AvgIpc) is 2.81. The summed E-state index contributed by atoms with van der Waals surface area (Å²) in [6, 6.07) is 4.18. The molecule has 6 rings (SSSR count). The fourth-order valence-corrected chi connectivity index (χ4v) is 5.78. The Hall–Kier alpha value is -2.46. The third-order valence-corrected chi connectivity index (χ3v) is 8.03. The van der Waals surface area contributed by atoms with Crippen LogP contribution < -0.4 is 10.9 Å². The summed E-state index contributed by atoms with van der Waals surface area (Å²) in [6.07, 6.45) is 0.148. The highest BCUT2D eigenvalue weighted by molar-refractivity contribution is 9.10. The van der Waals surface area contributed by atoms with Crippen LogP contribution in [-0.2, 0) is 18.3 Å². The summed E-state index contributed by atoms with van der Waals surface area (Å²) in [5, 5.41) is 3.89. The number of nitrogens with zero attached hydrogens (tertiary/aromatic N) is 4. The first-order chi connectivity index (χ1) is 16.1. The number of fused-ring (bicyclic) bond motifs is 4. The van der Waals surface area contributed by atoms with E-state index < -0.39 is 11.7 Å². The molecular weight excluding hydrogens is 511 g/mol. The molecule has 2 bridgehead atoms. The lowest BCUT2D eigenvalue weighted by Gasteiger charge is -2.49. The van der Waals surface area contributed by atoms with E-state index in [1.54, 1.807) is 13.0 Å². The lowest BCUT2D eigenvalue weighted by Crippen LogP contribution is -2.56. The molecule has 0 radical (unpaired) electrons. The van der Waals surface area contributed by atoms with Gasteiger partial charge < -0.3 is 14.8 Å². The van der Waals surface area contributed by atoms with E-state index in [0.717, 1.165) is 45.0 Å². The molecule has 3 aliphatic rings. The number of nitrogens with one attached hydrogen (secondary N) is 1. The van der Waals surface area contributed by atoms with Crippen LogP contribution in [0.25, 0.3) is 10.9 Å².